The van der Waals surface area contributed by atoms with E-state index in [0.717, 1.165) is 16.5 Å². The van der Waals surface area contributed by atoms with Gasteiger partial charge >= 0.3 is 0 Å². The predicted octanol–water partition coefficient (Wildman–Crippen LogP) is 5.54. The molecule has 6 nitrogen and oxygen atoms in total. The maximum atomic E-state index is 12.9. The van der Waals surface area contributed by atoms with Gasteiger partial charge in [-0.2, -0.15) is 0 Å². The number of hydrogen-bond donors (Lipinski definition) is 2. The fraction of sp³-hybridized carbons (Fsp3) is 0.250. The number of nitrogens with one attached hydrogen (secondary N) is 2. The Morgan fingerprint density at radius 2 is 1.62 bits per heavy atom. The van der Waals surface area contributed by atoms with Crippen LogP contribution in [0.4, 0.5) is 5.69 Å². The largest absolute Gasteiger partial charge is 0.347 e. The van der Waals surface area contributed by atoms with Crippen molar-refractivity contribution in [2.24, 2.45) is 0 Å². The highest BCUT2D eigenvalue weighted by atomic mass is 16.2. The number of carbonyl (C=O) groups excluding carboxylic acids is 2. The van der Waals surface area contributed by atoms with Crippen molar-refractivity contribution in [2.75, 3.05) is 5.32 Å². The first-order chi connectivity index (χ1) is 16.3. The van der Waals surface area contributed by atoms with E-state index >= 15 is 0 Å². The molecule has 4 rings (SSSR count). The van der Waals surface area contributed by atoms with Crippen LogP contribution in [0.15, 0.2) is 73.1 Å². The molecule has 0 fully saturated rings. The van der Waals surface area contributed by atoms with Gasteiger partial charge in [0.2, 0.25) is 0 Å². The van der Waals surface area contributed by atoms with Crippen LogP contribution in [-0.2, 0) is 18.5 Å². The Balaban J connectivity index is 1.52. The number of hydrogen-bond acceptors (Lipinski definition) is 3. The van der Waals surface area contributed by atoms with Gasteiger partial charge in [-0.15, -0.1) is 0 Å². The van der Waals surface area contributed by atoms with Gasteiger partial charge in [0.05, 0.1) is 0 Å². The molecule has 0 unspecified atom stereocenters. The number of carbonyl (C=O) groups is 2. The first kappa shape index (κ1) is 23.2. The number of fused-ring (bicyclic) bond motifs is 1. The van der Waals surface area contributed by atoms with Crippen molar-refractivity contribution in [3.63, 3.8) is 0 Å². The summed E-state index contributed by atoms with van der Waals surface area (Å²) >= 11 is 0. The molecule has 0 saturated carbocycles. The third kappa shape index (κ3) is 5.01. The smallest absolute Gasteiger partial charge is 0.268 e. The first-order valence-electron chi connectivity index (χ1n) is 11.5. The van der Waals surface area contributed by atoms with E-state index in [-0.39, 0.29) is 17.2 Å². The number of anilines is 1. The molecule has 0 spiro atoms. The molecule has 0 aliphatic heterocycles. The quantitative estimate of drug-likeness (QED) is 0.402. The number of nitrogens with zero attached hydrogens (tertiary/aromatic N) is 2. The molecular weight excluding hydrogens is 424 g/mol. The summed E-state index contributed by atoms with van der Waals surface area (Å²) in [7, 11) is 0. The Bertz CT molecular complexity index is 1320. The average Bonchev–Trinajstić information content (AvgIpc) is 3.20. The van der Waals surface area contributed by atoms with Crippen LogP contribution in [0.25, 0.3) is 10.9 Å². The van der Waals surface area contributed by atoms with E-state index in [0.29, 0.717) is 30.0 Å². The molecule has 0 saturated heterocycles. The Kier molecular flexibility index (Phi) is 6.50. The van der Waals surface area contributed by atoms with Crippen molar-refractivity contribution in [1.29, 1.82) is 0 Å². The summed E-state index contributed by atoms with van der Waals surface area (Å²) in [5, 5.41) is 6.85. The highest BCUT2D eigenvalue weighted by molar-refractivity contribution is 6.06. The van der Waals surface area contributed by atoms with Crippen LogP contribution in [0, 0.1) is 0 Å². The number of aryl methyl sites for hydroxylation is 1. The van der Waals surface area contributed by atoms with E-state index in [9.17, 15) is 9.59 Å². The average molecular weight is 455 g/mol. The Morgan fingerprint density at radius 3 is 2.26 bits per heavy atom. The minimum Gasteiger partial charge on any atom is -0.347 e. The first-order valence-corrected chi connectivity index (χ1v) is 11.5. The second-order valence-electron chi connectivity index (χ2n) is 9.37. The number of pyridine rings is 1. The lowest BCUT2D eigenvalue weighted by Gasteiger charge is -2.19. The number of aromatic nitrogens is 2. The van der Waals surface area contributed by atoms with E-state index in [1.807, 2.05) is 72.2 Å². The molecule has 2 aromatic heterocycles. The van der Waals surface area contributed by atoms with Crippen LogP contribution in [-0.4, -0.2) is 21.4 Å². The van der Waals surface area contributed by atoms with Crippen molar-refractivity contribution in [3.05, 3.63) is 95.4 Å². The third-order valence-corrected chi connectivity index (χ3v) is 5.92. The van der Waals surface area contributed by atoms with E-state index in [1.165, 1.54) is 5.56 Å². The van der Waals surface area contributed by atoms with Crippen LogP contribution in [0.5, 0.6) is 0 Å². The van der Waals surface area contributed by atoms with Crippen molar-refractivity contribution < 1.29 is 9.59 Å². The molecule has 2 amide bonds. The molecular formula is C28H30N4O2. The second kappa shape index (κ2) is 9.51. The number of benzene rings is 2. The molecule has 2 heterocycles. The van der Waals surface area contributed by atoms with Gasteiger partial charge in [0, 0.05) is 47.6 Å². The van der Waals surface area contributed by atoms with Gasteiger partial charge < -0.3 is 15.2 Å². The molecule has 0 aliphatic carbocycles. The zero-order valence-corrected chi connectivity index (χ0v) is 20.1. The predicted molar refractivity (Wildman–Crippen MR) is 136 cm³/mol. The lowest BCUT2D eigenvalue weighted by atomic mass is 9.87. The summed E-state index contributed by atoms with van der Waals surface area (Å²) in [6.07, 6.45) is 3.42. The summed E-state index contributed by atoms with van der Waals surface area (Å²) in [4.78, 5) is 29.7. The summed E-state index contributed by atoms with van der Waals surface area (Å²) in [5.74, 6) is -0.301. The summed E-state index contributed by atoms with van der Waals surface area (Å²) in [6, 6.07) is 19.0. The van der Waals surface area contributed by atoms with Crippen molar-refractivity contribution in [1.82, 2.24) is 14.9 Å². The molecule has 0 radical (unpaired) electrons. The third-order valence-electron chi connectivity index (χ3n) is 5.92. The Morgan fingerprint density at radius 1 is 0.912 bits per heavy atom. The summed E-state index contributed by atoms with van der Waals surface area (Å²) in [5.41, 5.74) is 5.04. The van der Waals surface area contributed by atoms with Gasteiger partial charge in [0.15, 0.2) is 0 Å². The maximum Gasteiger partial charge on any atom is 0.268 e. The van der Waals surface area contributed by atoms with Gasteiger partial charge in [-0.3, -0.25) is 14.6 Å². The van der Waals surface area contributed by atoms with Gasteiger partial charge in [-0.05, 0) is 72.0 Å². The highest BCUT2D eigenvalue weighted by Gasteiger charge is 2.17. The van der Waals surface area contributed by atoms with E-state index in [1.54, 1.807) is 12.4 Å². The van der Waals surface area contributed by atoms with Gasteiger partial charge in [-0.25, -0.2) is 0 Å². The monoisotopic (exact) mass is 454 g/mol. The molecule has 0 bridgehead atoms. The minimum atomic E-state index is -0.162. The van der Waals surface area contributed by atoms with Crippen LogP contribution in [0.1, 0.15) is 59.7 Å². The Hall–Kier alpha value is -3.93. The van der Waals surface area contributed by atoms with Gasteiger partial charge in [-0.1, -0.05) is 32.9 Å². The number of amides is 2. The van der Waals surface area contributed by atoms with E-state index < -0.39 is 0 Å². The molecule has 4 aromatic rings. The molecule has 2 N–H and O–H groups in total. The highest BCUT2D eigenvalue weighted by Crippen LogP contribution is 2.25. The van der Waals surface area contributed by atoms with Crippen LogP contribution < -0.4 is 10.6 Å². The SMILES string of the molecule is CCn1c(C(=O)NCc2ccncc2)cc2cc(NC(=O)c3ccc(C(C)(C)C)cc3)ccc21. The zero-order chi connectivity index (χ0) is 24.3. The Labute approximate surface area is 200 Å². The molecule has 6 heteroatoms. The second-order valence-corrected chi connectivity index (χ2v) is 9.37. The van der Waals surface area contributed by atoms with E-state index in [4.69, 9.17) is 0 Å². The van der Waals surface area contributed by atoms with Crippen LogP contribution >= 0.6 is 0 Å². The van der Waals surface area contributed by atoms with E-state index in [2.05, 4.69) is 36.4 Å². The van der Waals surface area contributed by atoms with Gasteiger partial charge in [0.25, 0.3) is 11.8 Å². The maximum absolute atomic E-state index is 12.9. The molecule has 34 heavy (non-hydrogen) atoms. The lowest BCUT2D eigenvalue weighted by Crippen LogP contribution is -2.25. The number of rotatable bonds is 6. The summed E-state index contributed by atoms with van der Waals surface area (Å²) < 4.78 is 1.98. The molecule has 0 atom stereocenters. The van der Waals surface area contributed by atoms with Crippen molar-refractivity contribution in [2.45, 2.75) is 46.2 Å². The topological polar surface area (TPSA) is 76.0 Å². The van der Waals surface area contributed by atoms with Gasteiger partial charge in [0.1, 0.15) is 5.69 Å². The zero-order valence-electron chi connectivity index (χ0n) is 20.1. The minimum absolute atomic E-state index is 0.0365. The molecule has 2 aromatic carbocycles. The molecule has 174 valence electrons. The fourth-order valence-electron chi connectivity index (χ4n) is 3.98. The van der Waals surface area contributed by atoms with Crippen molar-refractivity contribution >= 4 is 28.4 Å². The lowest BCUT2D eigenvalue weighted by molar-refractivity contribution is 0.0941. The summed E-state index contributed by atoms with van der Waals surface area (Å²) in [6.45, 7) is 9.54. The van der Waals surface area contributed by atoms with Crippen molar-refractivity contribution in [3.8, 4) is 0 Å². The van der Waals surface area contributed by atoms with Crippen LogP contribution in [0.2, 0.25) is 0 Å². The fourth-order valence-corrected chi connectivity index (χ4v) is 3.98. The van der Waals surface area contributed by atoms with Crippen LogP contribution in [0.3, 0.4) is 0 Å². The normalized spacial score (nSPS) is 11.4. The molecule has 0 aliphatic rings. The standard InChI is InChI=1S/C28H30N4O2/c1-5-32-24-11-10-23(31-26(33)20-6-8-22(9-7-20)28(2,3)4)16-21(24)17-25(32)27(34)30-18-19-12-14-29-15-13-19/h6-17H,5,18H2,1-4H3,(H,30,34)(H,31,33).